The average molecular weight is 300 g/mol. The first kappa shape index (κ1) is 17.4. The van der Waals surface area contributed by atoms with Gasteiger partial charge in [0.2, 0.25) is 11.8 Å². The Balaban J connectivity index is 2.30. The molecule has 21 heavy (non-hydrogen) atoms. The number of amides is 2. The third kappa shape index (κ3) is 6.12. The van der Waals surface area contributed by atoms with Gasteiger partial charge in [-0.1, -0.05) is 13.8 Å². The first-order valence-corrected chi connectivity index (χ1v) is 7.28. The van der Waals surface area contributed by atoms with Crippen LogP contribution in [0.15, 0.2) is 0 Å². The van der Waals surface area contributed by atoms with E-state index in [-0.39, 0.29) is 43.4 Å². The van der Waals surface area contributed by atoms with Crippen LogP contribution >= 0.6 is 0 Å². The third-order valence-electron chi connectivity index (χ3n) is 3.37. The van der Waals surface area contributed by atoms with E-state index in [1.54, 1.807) is 4.90 Å². The molecule has 0 saturated carbocycles. The second-order valence-corrected chi connectivity index (χ2v) is 5.52. The van der Waals surface area contributed by atoms with Crippen LogP contribution in [0.1, 0.15) is 26.7 Å². The minimum atomic E-state index is -1.03. The molecule has 0 aromatic rings. The summed E-state index contributed by atoms with van der Waals surface area (Å²) in [7, 11) is 0. The van der Waals surface area contributed by atoms with Crippen LogP contribution < -0.4 is 5.32 Å². The standard InChI is InChI=1S/C14H24N2O5/c1-10(2)14(20)16-6-3-4-11(8-16)13(19)15-5-7-21-9-12(17)18/h10-11H,3-9H2,1-2H3,(H,15,19)(H,17,18). The van der Waals surface area contributed by atoms with Crippen molar-refractivity contribution in [3.05, 3.63) is 0 Å². The van der Waals surface area contributed by atoms with Crippen molar-refractivity contribution in [2.45, 2.75) is 26.7 Å². The maximum atomic E-state index is 12.0. The van der Waals surface area contributed by atoms with E-state index in [9.17, 15) is 14.4 Å². The molecule has 0 radical (unpaired) electrons. The number of piperidine rings is 1. The molecule has 1 aliphatic heterocycles. The molecule has 1 rings (SSSR count). The van der Waals surface area contributed by atoms with Crippen LogP contribution in [0.25, 0.3) is 0 Å². The Morgan fingerprint density at radius 1 is 1.38 bits per heavy atom. The Labute approximate surface area is 124 Å². The molecule has 1 heterocycles. The van der Waals surface area contributed by atoms with E-state index < -0.39 is 5.97 Å². The van der Waals surface area contributed by atoms with E-state index in [4.69, 9.17) is 9.84 Å². The summed E-state index contributed by atoms with van der Waals surface area (Å²) in [5.41, 5.74) is 0. The van der Waals surface area contributed by atoms with Crippen LogP contribution in [0.5, 0.6) is 0 Å². The molecule has 0 bridgehead atoms. The third-order valence-corrected chi connectivity index (χ3v) is 3.37. The smallest absolute Gasteiger partial charge is 0.329 e. The van der Waals surface area contributed by atoms with Crippen LogP contribution in [-0.2, 0) is 19.1 Å². The zero-order chi connectivity index (χ0) is 15.8. The number of carboxylic acid groups (broad SMARTS) is 1. The predicted octanol–water partition coefficient (Wildman–Crippen LogP) is 0.0984. The van der Waals surface area contributed by atoms with E-state index >= 15 is 0 Å². The van der Waals surface area contributed by atoms with Crippen LogP contribution in [0.3, 0.4) is 0 Å². The lowest BCUT2D eigenvalue weighted by molar-refractivity contribution is -0.142. The van der Waals surface area contributed by atoms with E-state index in [0.717, 1.165) is 12.8 Å². The molecule has 1 unspecified atom stereocenters. The summed E-state index contributed by atoms with van der Waals surface area (Å²) >= 11 is 0. The van der Waals surface area contributed by atoms with E-state index in [1.807, 2.05) is 13.8 Å². The quantitative estimate of drug-likeness (QED) is 0.650. The van der Waals surface area contributed by atoms with Crippen molar-refractivity contribution in [2.24, 2.45) is 11.8 Å². The molecule has 1 fully saturated rings. The largest absolute Gasteiger partial charge is 0.480 e. The van der Waals surface area contributed by atoms with Crippen molar-refractivity contribution < 1.29 is 24.2 Å². The van der Waals surface area contributed by atoms with Gasteiger partial charge in [0.1, 0.15) is 6.61 Å². The number of rotatable bonds is 7. The fourth-order valence-electron chi connectivity index (χ4n) is 2.31. The monoisotopic (exact) mass is 300 g/mol. The highest BCUT2D eigenvalue weighted by atomic mass is 16.5. The van der Waals surface area contributed by atoms with E-state index in [0.29, 0.717) is 13.1 Å². The Morgan fingerprint density at radius 2 is 2.10 bits per heavy atom. The van der Waals surface area contributed by atoms with Crippen LogP contribution in [0, 0.1) is 11.8 Å². The Hall–Kier alpha value is -1.63. The van der Waals surface area contributed by atoms with E-state index in [1.165, 1.54) is 0 Å². The number of hydrogen-bond acceptors (Lipinski definition) is 4. The molecular weight excluding hydrogens is 276 g/mol. The maximum Gasteiger partial charge on any atom is 0.329 e. The Bertz CT molecular complexity index is 384. The van der Waals surface area contributed by atoms with Gasteiger partial charge in [0, 0.05) is 25.6 Å². The number of hydrogen-bond donors (Lipinski definition) is 2. The molecule has 0 aromatic heterocycles. The summed E-state index contributed by atoms with van der Waals surface area (Å²) in [6.07, 6.45) is 1.59. The van der Waals surface area contributed by atoms with Gasteiger partial charge in [-0.15, -0.1) is 0 Å². The van der Waals surface area contributed by atoms with Gasteiger partial charge in [-0.05, 0) is 12.8 Å². The second-order valence-electron chi connectivity index (χ2n) is 5.52. The van der Waals surface area contributed by atoms with Gasteiger partial charge < -0.3 is 20.1 Å². The van der Waals surface area contributed by atoms with Gasteiger partial charge in [-0.2, -0.15) is 0 Å². The summed E-state index contributed by atoms with van der Waals surface area (Å²) in [6, 6.07) is 0. The summed E-state index contributed by atoms with van der Waals surface area (Å²) in [5.74, 6) is -1.30. The summed E-state index contributed by atoms with van der Waals surface area (Å²) in [5, 5.41) is 11.1. The zero-order valence-electron chi connectivity index (χ0n) is 12.6. The van der Waals surface area contributed by atoms with E-state index in [2.05, 4.69) is 5.32 Å². The van der Waals surface area contributed by atoms with Gasteiger partial charge >= 0.3 is 5.97 Å². The van der Waals surface area contributed by atoms with Crippen molar-refractivity contribution in [3.63, 3.8) is 0 Å². The summed E-state index contributed by atoms with van der Waals surface area (Å²) < 4.78 is 4.84. The highest BCUT2D eigenvalue weighted by molar-refractivity contribution is 5.82. The highest BCUT2D eigenvalue weighted by Crippen LogP contribution is 2.18. The summed E-state index contributed by atoms with van der Waals surface area (Å²) in [4.78, 5) is 36.0. The van der Waals surface area contributed by atoms with Gasteiger partial charge in [-0.25, -0.2) is 4.79 Å². The Kier molecular flexibility index (Phi) is 7.14. The number of carbonyl (C=O) groups is 3. The SMILES string of the molecule is CC(C)C(=O)N1CCCC(C(=O)NCCOCC(=O)O)C1. The molecule has 7 nitrogen and oxygen atoms in total. The number of nitrogens with one attached hydrogen (secondary N) is 1. The fraction of sp³-hybridized carbons (Fsp3) is 0.786. The minimum absolute atomic E-state index is 0.0590. The first-order chi connectivity index (χ1) is 9.91. The number of carbonyl (C=O) groups excluding carboxylic acids is 2. The number of ether oxygens (including phenoxy) is 1. The summed E-state index contributed by atoms with van der Waals surface area (Å²) in [6.45, 7) is 4.95. The lowest BCUT2D eigenvalue weighted by atomic mass is 9.96. The molecule has 2 amide bonds. The van der Waals surface area contributed by atoms with Crippen LogP contribution in [-0.4, -0.2) is 60.6 Å². The number of aliphatic carboxylic acids is 1. The number of carboxylic acids is 1. The normalized spacial score (nSPS) is 18.6. The number of likely N-dealkylation sites (tertiary alicyclic amines) is 1. The Morgan fingerprint density at radius 3 is 2.71 bits per heavy atom. The maximum absolute atomic E-state index is 12.0. The number of nitrogens with zero attached hydrogens (tertiary/aromatic N) is 1. The topological polar surface area (TPSA) is 95.9 Å². The average Bonchev–Trinajstić information content (AvgIpc) is 2.45. The van der Waals surface area contributed by atoms with Crippen molar-refractivity contribution in [1.82, 2.24) is 10.2 Å². The molecule has 1 atom stereocenters. The molecule has 1 saturated heterocycles. The molecule has 0 aromatic carbocycles. The minimum Gasteiger partial charge on any atom is -0.480 e. The lowest BCUT2D eigenvalue weighted by Gasteiger charge is -2.33. The van der Waals surface area contributed by atoms with Gasteiger partial charge in [0.25, 0.3) is 0 Å². The van der Waals surface area contributed by atoms with Gasteiger partial charge in [0.15, 0.2) is 0 Å². The molecule has 0 aliphatic carbocycles. The van der Waals surface area contributed by atoms with Crippen molar-refractivity contribution in [2.75, 3.05) is 32.8 Å². The van der Waals surface area contributed by atoms with Crippen LogP contribution in [0.2, 0.25) is 0 Å². The molecule has 2 N–H and O–H groups in total. The van der Waals surface area contributed by atoms with Crippen molar-refractivity contribution >= 4 is 17.8 Å². The predicted molar refractivity (Wildman–Crippen MR) is 75.6 cm³/mol. The zero-order valence-corrected chi connectivity index (χ0v) is 12.6. The highest BCUT2D eigenvalue weighted by Gasteiger charge is 2.28. The lowest BCUT2D eigenvalue weighted by Crippen LogP contribution is -2.47. The molecule has 120 valence electrons. The van der Waals surface area contributed by atoms with Crippen molar-refractivity contribution in [3.8, 4) is 0 Å². The molecule has 0 spiro atoms. The molecular formula is C14H24N2O5. The molecule has 7 heteroatoms. The van der Waals surface area contributed by atoms with Crippen molar-refractivity contribution in [1.29, 1.82) is 0 Å². The van der Waals surface area contributed by atoms with Crippen LogP contribution in [0.4, 0.5) is 0 Å². The second kappa shape index (κ2) is 8.61. The van der Waals surface area contributed by atoms with Gasteiger partial charge in [0.05, 0.1) is 12.5 Å². The first-order valence-electron chi connectivity index (χ1n) is 7.28. The van der Waals surface area contributed by atoms with Gasteiger partial charge in [-0.3, -0.25) is 9.59 Å². The fourth-order valence-corrected chi connectivity index (χ4v) is 2.31. The molecule has 1 aliphatic rings.